The summed E-state index contributed by atoms with van der Waals surface area (Å²) in [4.78, 5) is 22.7. The van der Waals surface area contributed by atoms with Crippen LogP contribution in [-0.2, 0) is 9.53 Å². The summed E-state index contributed by atoms with van der Waals surface area (Å²) < 4.78 is 5.37. The third-order valence-electron chi connectivity index (χ3n) is 3.66. The summed E-state index contributed by atoms with van der Waals surface area (Å²) in [5.41, 5.74) is 0.927. The number of aromatic nitrogens is 2. The highest BCUT2D eigenvalue weighted by Crippen LogP contribution is 2.15. The van der Waals surface area contributed by atoms with Crippen LogP contribution < -0.4 is 15.5 Å². The van der Waals surface area contributed by atoms with E-state index in [1.54, 1.807) is 0 Å². The van der Waals surface area contributed by atoms with E-state index in [-0.39, 0.29) is 5.91 Å². The molecule has 0 aromatic carbocycles. The zero-order chi connectivity index (χ0) is 16.5. The minimum absolute atomic E-state index is 0.104. The van der Waals surface area contributed by atoms with Crippen LogP contribution in [-0.4, -0.2) is 55.3 Å². The molecule has 23 heavy (non-hydrogen) atoms. The Bertz CT molecular complexity index is 503. The van der Waals surface area contributed by atoms with Crippen LogP contribution in [0, 0.1) is 6.92 Å². The summed E-state index contributed by atoms with van der Waals surface area (Å²) in [6.45, 7) is 8.40. The number of morpholine rings is 1. The van der Waals surface area contributed by atoms with Gasteiger partial charge < -0.3 is 20.3 Å². The second-order valence-electron chi connectivity index (χ2n) is 5.67. The number of nitrogens with zero attached hydrogens (tertiary/aromatic N) is 3. The summed E-state index contributed by atoms with van der Waals surface area (Å²) in [5.74, 6) is 1.64. The van der Waals surface area contributed by atoms with E-state index in [0.29, 0.717) is 25.5 Å². The molecule has 7 nitrogen and oxygen atoms in total. The number of carbonyl (C=O) groups is 1. The highest BCUT2D eigenvalue weighted by molar-refractivity contribution is 5.75. The number of aryl methyl sites for hydroxylation is 1. The van der Waals surface area contributed by atoms with Gasteiger partial charge in [-0.1, -0.05) is 13.3 Å². The highest BCUT2D eigenvalue weighted by atomic mass is 16.5. The van der Waals surface area contributed by atoms with Gasteiger partial charge in [-0.2, -0.15) is 4.98 Å². The highest BCUT2D eigenvalue weighted by Gasteiger charge is 2.14. The Kier molecular flexibility index (Phi) is 7.06. The van der Waals surface area contributed by atoms with Gasteiger partial charge in [-0.3, -0.25) is 4.79 Å². The molecule has 2 N–H and O–H groups in total. The fourth-order valence-electron chi connectivity index (χ4n) is 2.39. The van der Waals surface area contributed by atoms with E-state index in [4.69, 9.17) is 4.74 Å². The molecule has 0 saturated carbocycles. The standard InChI is InChI=1S/C16H27N5O2/c1-3-4-5-15(22)17-6-7-18-16-19-13(2)12-14(20-16)21-8-10-23-11-9-21/h12H,3-11H2,1-2H3,(H,17,22)(H,18,19,20). The van der Waals surface area contributed by atoms with E-state index < -0.39 is 0 Å². The first kappa shape index (κ1) is 17.5. The summed E-state index contributed by atoms with van der Waals surface area (Å²) in [6, 6.07) is 1.99. The number of anilines is 2. The average molecular weight is 321 g/mol. The molecule has 1 aliphatic rings. The monoisotopic (exact) mass is 321 g/mol. The van der Waals surface area contributed by atoms with E-state index in [9.17, 15) is 4.79 Å². The average Bonchev–Trinajstić information content (AvgIpc) is 2.57. The molecule has 2 rings (SSSR count). The van der Waals surface area contributed by atoms with Crippen molar-refractivity contribution in [3.63, 3.8) is 0 Å². The van der Waals surface area contributed by atoms with Crippen molar-refractivity contribution >= 4 is 17.7 Å². The Morgan fingerprint density at radius 3 is 2.83 bits per heavy atom. The lowest BCUT2D eigenvalue weighted by Crippen LogP contribution is -2.37. The Hall–Kier alpha value is -1.89. The van der Waals surface area contributed by atoms with Crippen molar-refractivity contribution in [1.29, 1.82) is 0 Å². The van der Waals surface area contributed by atoms with Gasteiger partial charge in [0, 0.05) is 44.4 Å². The molecule has 1 fully saturated rings. The molecule has 0 spiro atoms. The zero-order valence-corrected chi connectivity index (χ0v) is 14.1. The predicted octanol–water partition coefficient (Wildman–Crippen LogP) is 1.34. The maximum Gasteiger partial charge on any atom is 0.224 e. The molecule has 128 valence electrons. The zero-order valence-electron chi connectivity index (χ0n) is 14.1. The quantitative estimate of drug-likeness (QED) is 0.704. The molecule has 0 bridgehead atoms. The van der Waals surface area contributed by atoms with E-state index in [1.165, 1.54) is 0 Å². The van der Waals surface area contributed by atoms with Gasteiger partial charge in [-0.15, -0.1) is 0 Å². The van der Waals surface area contributed by atoms with Crippen LogP contribution in [0.3, 0.4) is 0 Å². The largest absolute Gasteiger partial charge is 0.378 e. The Morgan fingerprint density at radius 2 is 2.09 bits per heavy atom. The fraction of sp³-hybridized carbons (Fsp3) is 0.688. The van der Waals surface area contributed by atoms with E-state index in [2.05, 4.69) is 32.4 Å². The lowest BCUT2D eigenvalue weighted by atomic mass is 10.2. The number of unbranched alkanes of at least 4 members (excludes halogenated alkanes) is 1. The fourth-order valence-corrected chi connectivity index (χ4v) is 2.39. The Balaban J connectivity index is 1.80. The molecule has 2 heterocycles. The predicted molar refractivity (Wildman–Crippen MR) is 90.8 cm³/mol. The summed E-state index contributed by atoms with van der Waals surface area (Å²) in [5, 5.41) is 6.08. The number of nitrogens with one attached hydrogen (secondary N) is 2. The van der Waals surface area contributed by atoms with Gasteiger partial charge in [0.1, 0.15) is 5.82 Å². The van der Waals surface area contributed by atoms with Crippen LogP contribution in [0.15, 0.2) is 6.07 Å². The third kappa shape index (κ3) is 6.02. The van der Waals surface area contributed by atoms with Crippen LogP contribution in [0.4, 0.5) is 11.8 Å². The first-order valence-corrected chi connectivity index (χ1v) is 8.38. The number of hydrogen-bond donors (Lipinski definition) is 2. The summed E-state index contributed by atoms with van der Waals surface area (Å²) in [6.07, 6.45) is 2.56. The van der Waals surface area contributed by atoms with Crippen molar-refractivity contribution in [2.75, 3.05) is 49.6 Å². The van der Waals surface area contributed by atoms with Gasteiger partial charge >= 0.3 is 0 Å². The van der Waals surface area contributed by atoms with Gasteiger partial charge in [0.05, 0.1) is 13.2 Å². The van der Waals surface area contributed by atoms with Gasteiger partial charge in [0.2, 0.25) is 11.9 Å². The smallest absolute Gasteiger partial charge is 0.224 e. The maximum absolute atomic E-state index is 11.5. The lowest BCUT2D eigenvalue weighted by molar-refractivity contribution is -0.121. The molecule has 0 radical (unpaired) electrons. The molecule has 0 unspecified atom stereocenters. The minimum atomic E-state index is 0.104. The number of rotatable bonds is 8. The molecular weight excluding hydrogens is 294 g/mol. The van der Waals surface area contributed by atoms with Gasteiger partial charge in [0.25, 0.3) is 0 Å². The third-order valence-corrected chi connectivity index (χ3v) is 3.66. The first-order valence-electron chi connectivity index (χ1n) is 8.38. The maximum atomic E-state index is 11.5. The number of carbonyl (C=O) groups excluding carboxylic acids is 1. The van der Waals surface area contributed by atoms with Crippen molar-refractivity contribution in [2.24, 2.45) is 0 Å². The number of amides is 1. The van der Waals surface area contributed by atoms with Gasteiger partial charge in [0.15, 0.2) is 0 Å². The second kappa shape index (κ2) is 9.29. The first-order chi connectivity index (χ1) is 11.2. The molecule has 0 aliphatic carbocycles. The molecule has 1 amide bonds. The van der Waals surface area contributed by atoms with Crippen molar-refractivity contribution < 1.29 is 9.53 Å². The normalized spacial score (nSPS) is 14.6. The topological polar surface area (TPSA) is 79.4 Å². The second-order valence-corrected chi connectivity index (χ2v) is 5.67. The molecule has 1 aromatic heterocycles. The van der Waals surface area contributed by atoms with E-state index in [1.807, 2.05) is 13.0 Å². The molecule has 1 aliphatic heterocycles. The van der Waals surface area contributed by atoms with Crippen molar-refractivity contribution in [2.45, 2.75) is 33.1 Å². The van der Waals surface area contributed by atoms with E-state index >= 15 is 0 Å². The SMILES string of the molecule is CCCCC(=O)NCCNc1nc(C)cc(N2CCOCC2)n1. The van der Waals surface area contributed by atoms with Crippen LogP contribution >= 0.6 is 0 Å². The Labute approximate surface area is 137 Å². The Morgan fingerprint density at radius 1 is 1.30 bits per heavy atom. The van der Waals surface area contributed by atoms with Crippen molar-refractivity contribution in [1.82, 2.24) is 15.3 Å². The van der Waals surface area contributed by atoms with Crippen LogP contribution in [0.25, 0.3) is 0 Å². The molecule has 1 saturated heterocycles. The summed E-state index contributed by atoms with van der Waals surface area (Å²) in [7, 11) is 0. The molecular formula is C16H27N5O2. The van der Waals surface area contributed by atoms with E-state index in [0.717, 1.165) is 50.7 Å². The molecule has 7 heteroatoms. The number of ether oxygens (including phenoxy) is 1. The van der Waals surface area contributed by atoms with Gasteiger partial charge in [-0.25, -0.2) is 4.98 Å². The minimum Gasteiger partial charge on any atom is -0.378 e. The van der Waals surface area contributed by atoms with Crippen molar-refractivity contribution in [3.8, 4) is 0 Å². The van der Waals surface area contributed by atoms with Crippen LogP contribution in [0.1, 0.15) is 31.9 Å². The van der Waals surface area contributed by atoms with Crippen LogP contribution in [0.2, 0.25) is 0 Å². The molecule has 1 aromatic rings. The van der Waals surface area contributed by atoms with Crippen LogP contribution in [0.5, 0.6) is 0 Å². The van der Waals surface area contributed by atoms with Crippen molar-refractivity contribution in [3.05, 3.63) is 11.8 Å². The number of hydrogen-bond acceptors (Lipinski definition) is 6. The summed E-state index contributed by atoms with van der Waals surface area (Å²) >= 11 is 0. The lowest BCUT2D eigenvalue weighted by Gasteiger charge is -2.28. The molecule has 0 atom stereocenters. The van der Waals surface area contributed by atoms with Gasteiger partial charge in [-0.05, 0) is 13.3 Å².